The van der Waals surface area contributed by atoms with Crippen molar-refractivity contribution in [3.05, 3.63) is 30.3 Å². The van der Waals surface area contributed by atoms with Crippen LogP contribution in [0, 0.1) is 0 Å². The zero-order chi connectivity index (χ0) is 10.1. The summed E-state index contributed by atoms with van der Waals surface area (Å²) in [5.74, 6) is 1.17. The van der Waals surface area contributed by atoms with E-state index in [0.717, 1.165) is 12.8 Å². The molecule has 1 aromatic carbocycles. The molecule has 14 heavy (non-hydrogen) atoms. The van der Waals surface area contributed by atoms with Crippen molar-refractivity contribution in [2.24, 2.45) is 0 Å². The van der Waals surface area contributed by atoms with Crippen molar-refractivity contribution in [1.29, 1.82) is 0 Å². The van der Waals surface area contributed by atoms with E-state index in [1.165, 1.54) is 23.5 Å². The van der Waals surface area contributed by atoms with Crippen molar-refractivity contribution in [3.63, 3.8) is 0 Å². The third-order valence-electron chi connectivity index (χ3n) is 2.05. The first kappa shape index (κ1) is 11.6. The molecular weight excluding hydrogens is 192 g/mol. The van der Waals surface area contributed by atoms with Gasteiger partial charge in [0.1, 0.15) is 0 Å². The molecule has 0 saturated heterocycles. The van der Waals surface area contributed by atoms with Gasteiger partial charge in [0.05, 0.1) is 6.61 Å². The van der Waals surface area contributed by atoms with Crippen molar-refractivity contribution in [2.75, 3.05) is 12.4 Å². The van der Waals surface area contributed by atoms with E-state index in [-0.39, 0.29) is 6.61 Å². The molecule has 1 radical (unpaired) electrons. The topological polar surface area (TPSA) is 19.9 Å². The van der Waals surface area contributed by atoms with Crippen LogP contribution < -0.4 is 0 Å². The van der Waals surface area contributed by atoms with Crippen LogP contribution in [0.25, 0.3) is 0 Å². The van der Waals surface area contributed by atoms with E-state index in [1.807, 2.05) is 17.8 Å². The van der Waals surface area contributed by atoms with Crippen LogP contribution in [0.15, 0.2) is 35.2 Å². The summed E-state index contributed by atoms with van der Waals surface area (Å²) in [6.45, 7) is 0.0891. The lowest BCUT2D eigenvalue weighted by Crippen LogP contribution is -1.84. The fraction of sp³-hybridized carbons (Fsp3) is 0.500. The summed E-state index contributed by atoms with van der Waals surface area (Å²) in [7, 11) is 0. The number of hydrogen-bond donors (Lipinski definition) is 0. The second-order valence-electron chi connectivity index (χ2n) is 3.28. The van der Waals surface area contributed by atoms with Gasteiger partial charge in [0.2, 0.25) is 0 Å². The van der Waals surface area contributed by atoms with Gasteiger partial charge in [-0.15, -0.1) is 11.8 Å². The third-order valence-corrected chi connectivity index (χ3v) is 3.15. The Labute approximate surface area is 90.5 Å². The molecule has 0 atom stereocenters. The maximum Gasteiger partial charge on any atom is 0.0822 e. The van der Waals surface area contributed by atoms with Crippen LogP contribution in [0.1, 0.15) is 25.7 Å². The van der Waals surface area contributed by atoms with Gasteiger partial charge in [-0.25, -0.2) is 5.11 Å². The average Bonchev–Trinajstić information content (AvgIpc) is 2.25. The number of benzene rings is 1. The van der Waals surface area contributed by atoms with Gasteiger partial charge in [-0.1, -0.05) is 31.0 Å². The van der Waals surface area contributed by atoms with Gasteiger partial charge in [-0.2, -0.15) is 0 Å². The lowest BCUT2D eigenvalue weighted by molar-refractivity contribution is 0.186. The number of thioether (sulfide) groups is 1. The SMILES string of the molecule is [O]CCCCCCSc1ccccc1. The van der Waals surface area contributed by atoms with E-state index in [9.17, 15) is 5.11 Å². The molecule has 77 valence electrons. The van der Waals surface area contributed by atoms with Crippen LogP contribution >= 0.6 is 11.8 Å². The Bertz CT molecular complexity index is 223. The Hall–Kier alpha value is -0.470. The summed E-state index contributed by atoms with van der Waals surface area (Å²) in [6.07, 6.45) is 4.36. The predicted molar refractivity (Wildman–Crippen MR) is 61.2 cm³/mol. The van der Waals surface area contributed by atoms with Crippen molar-refractivity contribution in [1.82, 2.24) is 0 Å². The summed E-state index contributed by atoms with van der Waals surface area (Å²) >= 11 is 1.90. The molecule has 1 aromatic rings. The minimum absolute atomic E-state index is 0.0891. The van der Waals surface area contributed by atoms with Gasteiger partial charge in [0.25, 0.3) is 0 Å². The summed E-state index contributed by atoms with van der Waals surface area (Å²) in [5.41, 5.74) is 0. The molecule has 0 spiro atoms. The Morgan fingerprint density at radius 1 is 0.929 bits per heavy atom. The van der Waals surface area contributed by atoms with Crippen LogP contribution in [0.2, 0.25) is 0 Å². The van der Waals surface area contributed by atoms with Crippen molar-refractivity contribution >= 4 is 11.8 Å². The van der Waals surface area contributed by atoms with E-state index in [2.05, 4.69) is 24.3 Å². The standard InChI is InChI=1S/C12H17OS/c13-10-6-1-2-7-11-14-12-8-4-3-5-9-12/h3-5,8-9H,1-2,6-7,10-11H2. The van der Waals surface area contributed by atoms with E-state index in [0.29, 0.717) is 0 Å². The molecule has 0 fully saturated rings. The average molecular weight is 209 g/mol. The molecule has 0 unspecified atom stereocenters. The highest BCUT2D eigenvalue weighted by atomic mass is 32.2. The molecule has 0 N–H and O–H groups in total. The van der Waals surface area contributed by atoms with Crippen LogP contribution in [0.5, 0.6) is 0 Å². The van der Waals surface area contributed by atoms with E-state index in [1.54, 1.807) is 0 Å². The minimum atomic E-state index is 0.0891. The predicted octanol–water partition coefficient (Wildman–Crippen LogP) is 3.77. The van der Waals surface area contributed by atoms with Crippen LogP contribution in [0.3, 0.4) is 0 Å². The number of unbranched alkanes of at least 4 members (excludes halogenated alkanes) is 3. The highest BCUT2D eigenvalue weighted by Gasteiger charge is 1.93. The largest absolute Gasteiger partial charge is 0.237 e. The van der Waals surface area contributed by atoms with Gasteiger partial charge in [-0.05, 0) is 30.7 Å². The maximum atomic E-state index is 10.2. The quantitative estimate of drug-likeness (QED) is 0.494. The van der Waals surface area contributed by atoms with E-state index >= 15 is 0 Å². The van der Waals surface area contributed by atoms with Crippen LogP contribution in [-0.2, 0) is 5.11 Å². The molecule has 0 aliphatic rings. The van der Waals surface area contributed by atoms with Gasteiger partial charge in [0.15, 0.2) is 0 Å². The van der Waals surface area contributed by atoms with Crippen molar-refractivity contribution in [2.45, 2.75) is 30.6 Å². The number of hydrogen-bond acceptors (Lipinski definition) is 1. The monoisotopic (exact) mass is 209 g/mol. The molecule has 0 aliphatic carbocycles. The van der Waals surface area contributed by atoms with E-state index in [4.69, 9.17) is 0 Å². The van der Waals surface area contributed by atoms with Gasteiger partial charge in [0, 0.05) is 4.90 Å². The molecular formula is C12H17OS. The first-order valence-corrected chi connectivity index (χ1v) is 6.18. The van der Waals surface area contributed by atoms with Crippen LogP contribution in [-0.4, -0.2) is 12.4 Å². The van der Waals surface area contributed by atoms with Gasteiger partial charge in [-0.3, -0.25) is 0 Å². The third kappa shape index (κ3) is 5.30. The van der Waals surface area contributed by atoms with Crippen molar-refractivity contribution in [3.8, 4) is 0 Å². The molecule has 1 nitrogen and oxygen atoms in total. The minimum Gasteiger partial charge on any atom is -0.237 e. The lowest BCUT2D eigenvalue weighted by Gasteiger charge is -2.00. The molecule has 0 amide bonds. The fourth-order valence-electron chi connectivity index (χ4n) is 1.26. The molecule has 2 heteroatoms. The second kappa shape index (κ2) is 7.89. The normalized spacial score (nSPS) is 10.4. The van der Waals surface area contributed by atoms with Crippen LogP contribution in [0.4, 0.5) is 0 Å². The first-order valence-electron chi connectivity index (χ1n) is 5.19. The zero-order valence-corrected chi connectivity index (χ0v) is 9.26. The number of rotatable bonds is 7. The highest BCUT2D eigenvalue weighted by molar-refractivity contribution is 7.99. The first-order chi connectivity index (χ1) is 6.93. The summed E-state index contributed by atoms with van der Waals surface area (Å²) in [4.78, 5) is 1.34. The summed E-state index contributed by atoms with van der Waals surface area (Å²) in [6, 6.07) is 10.5. The molecule has 0 saturated carbocycles. The van der Waals surface area contributed by atoms with Gasteiger partial charge < -0.3 is 0 Å². The second-order valence-corrected chi connectivity index (χ2v) is 4.45. The van der Waals surface area contributed by atoms with Crippen molar-refractivity contribution < 1.29 is 5.11 Å². The summed E-state index contributed by atoms with van der Waals surface area (Å²) in [5, 5.41) is 10.2. The Morgan fingerprint density at radius 3 is 2.36 bits per heavy atom. The van der Waals surface area contributed by atoms with Gasteiger partial charge >= 0.3 is 0 Å². The Kier molecular flexibility index (Phi) is 6.54. The Balaban J connectivity index is 1.99. The highest BCUT2D eigenvalue weighted by Crippen LogP contribution is 2.18. The maximum absolute atomic E-state index is 10.2. The molecule has 0 aliphatic heterocycles. The lowest BCUT2D eigenvalue weighted by atomic mass is 10.2. The molecule has 0 heterocycles. The molecule has 1 rings (SSSR count). The molecule has 0 bridgehead atoms. The zero-order valence-electron chi connectivity index (χ0n) is 8.45. The van der Waals surface area contributed by atoms with E-state index < -0.39 is 0 Å². The fourth-order valence-corrected chi connectivity index (χ4v) is 2.20. The Morgan fingerprint density at radius 2 is 1.64 bits per heavy atom. The molecule has 0 aromatic heterocycles. The summed E-state index contributed by atoms with van der Waals surface area (Å²) < 4.78 is 0. The smallest absolute Gasteiger partial charge is 0.0822 e.